The van der Waals surface area contributed by atoms with Crippen LogP contribution in [0.25, 0.3) is 0 Å². The van der Waals surface area contributed by atoms with Crippen LogP contribution >= 0.6 is 0 Å². The molecule has 0 atom stereocenters. The minimum Gasteiger partial charge on any atom is -0.359 e. The van der Waals surface area contributed by atoms with Crippen LogP contribution in [-0.2, 0) is 13.0 Å². The SMILES string of the molecule is CN1CCn2c(CCC3(N)CC3)ccc21. The van der Waals surface area contributed by atoms with Gasteiger partial charge < -0.3 is 15.2 Å². The van der Waals surface area contributed by atoms with E-state index >= 15 is 0 Å². The standard InChI is InChI=1S/C12H19N3/c1-14-8-9-15-10(2-3-11(14)15)4-5-12(13)6-7-12/h2-3H,4-9,13H2,1H3. The number of hydrogen-bond donors (Lipinski definition) is 1. The van der Waals surface area contributed by atoms with Crippen LogP contribution in [0.2, 0.25) is 0 Å². The molecule has 1 aromatic rings. The monoisotopic (exact) mass is 205 g/mol. The molecule has 0 aromatic carbocycles. The summed E-state index contributed by atoms with van der Waals surface area (Å²) < 4.78 is 2.44. The Balaban J connectivity index is 1.73. The summed E-state index contributed by atoms with van der Waals surface area (Å²) in [6.07, 6.45) is 4.74. The molecule has 2 aliphatic rings. The summed E-state index contributed by atoms with van der Waals surface area (Å²) in [6.45, 7) is 2.29. The highest BCUT2D eigenvalue weighted by molar-refractivity contribution is 5.45. The summed E-state index contributed by atoms with van der Waals surface area (Å²) in [5, 5.41) is 0. The quantitative estimate of drug-likeness (QED) is 0.808. The van der Waals surface area contributed by atoms with Gasteiger partial charge in [-0.2, -0.15) is 0 Å². The van der Waals surface area contributed by atoms with Crippen LogP contribution in [0.3, 0.4) is 0 Å². The number of nitrogens with zero attached hydrogens (tertiary/aromatic N) is 2. The number of aryl methyl sites for hydroxylation is 1. The van der Waals surface area contributed by atoms with Crippen LogP contribution in [0.1, 0.15) is 25.0 Å². The van der Waals surface area contributed by atoms with Gasteiger partial charge in [0.15, 0.2) is 0 Å². The number of anilines is 1. The maximum Gasteiger partial charge on any atom is 0.108 e. The molecule has 15 heavy (non-hydrogen) atoms. The number of hydrogen-bond acceptors (Lipinski definition) is 2. The fourth-order valence-electron chi connectivity index (χ4n) is 2.46. The number of nitrogens with two attached hydrogens (primary N) is 1. The minimum absolute atomic E-state index is 0.190. The molecule has 0 spiro atoms. The summed E-state index contributed by atoms with van der Waals surface area (Å²) in [6, 6.07) is 4.50. The molecule has 1 aliphatic heterocycles. The van der Waals surface area contributed by atoms with Crippen molar-refractivity contribution >= 4 is 5.82 Å². The van der Waals surface area contributed by atoms with Gasteiger partial charge in [0.25, 0.3) is 0 Å². The molecule has 0 unspecified atom stereocenters. The smallest absolute Gasteiger partial charge is 0.108 e. The first-order valence-corrected chi connectivity index (χ1v) is 5.86. The minimum atomic E-state index is 0.190. The third-order valence-corrected chi connectivity index (χ3v) is 3.87. The normalized spacial score (nSPS) is 21.9. The molecular formula is C12H19N3. The van der Waals surface area contributed by atoms with Crippen LogP contribution in [0, 0.1) is 0 Å². The van der Waals surface area contributed by atoms with E-state index in [0.29, 0.717) is 0 Å². The molecule has 0 saturated heterocycles. The maximum absolute atomic E-state index is 6.12. The van der Waals surface area contributed by atoms with Crippen molar-refractivity contribution in [3.63, 3.8) is 0 Å². The van der Waals surface area contributed by atoms with Gasteiger partial charge in [0, 0.05) is 31.4 Å². The zero-order valence-electron chi connectivity index (χ0n) is 9.37. The van der Waals surface area contributed by atoms with Crippen molar-refractivity contribution in [1.82, 2.24) is 4.57 Å². The molecule has 0 radical (unpaired) electrons. The van der Waals surface area contributed by atoms with Crippen molar-refractivity contribution in [1.29, 1.82) is 0 Å². The fraction of sp³-hybridized carbons (Fsp3) is 0.667. The highest BCUT2D eigenvalue weighted by Gasteiger charge is 2.37. The molecule has 1 fully saturated rings. The third-order valence-electron chi connectivity index (χ3n) is 3.87. The fourth-order valence-corrected chi connectivity index (χ4v) is 2.46. The van der Waals surface area contributed by atoms with Gasteiger partial charge in [0.1, 0.15) is 5.82 Å². The van der Waals surface area contributed by atoms with Gasteiger partial charge in [0.05, 0.1) is 0 Å². The summed E-state index contributed by atoms with van der Waals surface area (Å²) in [5.74, 6) is 1.37. The van der Waals surface area contributed by atoms with Gasteiger partial charge in [0.2, 0.25) is 0 Å². The molecule has 82 valence electrons. The molecule has 1 aromatic heterocycles. The van der Waals surface area contributed by atoms with Crippen LogP contribution < -0.4 is 10.6 Å². The lowest BCUT2D eigenvalue weighted by molar-refractivity contribution is 0.589. The summed E-state index contributed by atoms with van der Waals surface area (Å²) in [7, 11) is 2.16. The van der Waals surface area contributed by atoms with E-state index in [4.69, 9.17) is 5.73 Å². The van der Waals surface area contributed by atoms with Gasteiger partial charge in [-0.3, -0.25) is 0 Å². The Morgan fingerprint density at radius 1 is 1.33 bits per heavy atom. The second-order valence-electron chi connectivity index (χ2n) is 5.12. The van der Waals surface area contributed by atoms with Gasteiger partial charge in [-0.05, 0) is 37.8 Å². The van der Waals surface area contributed by atoms with E-state index in [-0.39, 0.29) is 5.54 Å². The lowest BCUT2D eigenvalue weighted by Gasteiger charge is -2.10. The van der Waals surface area contributed by atoms with Crippen molar-refractivity contribution in [3.05, 3.63) is 17.8 Å². The maximum atomic E-state index is 6.12. The molecule has 0 bridgehead atoms. The van der Waals surface area contributed by atoms with Crippen molar-refractivity contribution < 1.29 is 0 Å². The van der Waals surface area contributed by atoms with E-state index in [1.807, 2.05) is 0 Å². The average Bonchev–Trinajstić information content (AvgIpc) is 2.69. The Bertz CT molecular complexity index is 376. The zero-order valence-corrected chi connectivity index (χ0v) is 9.37. The first kappa shape index (κ1) is 9.28. The molecule has 3 nitrogen and oxygen atoms in total. The molecular weight excluding hydrogens is 186 g/mol. The van der Waals surface area contributed by atoms with Crippen molar-refractivity contribution in [2.75, 3.05) is 18.5 Å². The number of fused-ring (bicyclic) bond motifs is 1. The van der Waals surface area contributed by atoms with Crippen LogP contribution in [-0.4, -0.2) is 23.7 Å². The van der Waals surface area contributed by atoms with E-state index in [1.165, 1.54) is 24.4 Å². The average molecular weight is 205 g/mol. The molecule has 1 aliphatic carbocycles. The second kappa shape index (κ2) is 3.01. The first-order chi connectivity index (χ1) is 7.18. The second-order valence-corrected chi connectivity index (χ2v) is 5.12. The van der Waals surface area contributed by atoms with Crippen LogP contribution in [0.5, 0.6) is 0 Å². The predicted octanol–water partition coefficient (Wildman–Crippen LogP) is 1.36. The highest BCUT2D eigenvalue weighted by Crippen LogP contribution is 2.37. The Morgan fingerprint density at radius 3 is 2.87 bits per heavy atom. The topological polar surface area (TPSA) is 34.2 Å². The van der Waals surface area contributed by atoms with Gasteiger partial charge >= 0.3 is 0 Å². The molecule has 2 N–H and O–H groups in total. The Kier molecular flexibility index (Phi) is 1.87. The van der Waals surface area contributed by atoms with Gasteiger partial charge in [-0.1, -0.05) is 0 Å². The van der Waals surface area contributed by atoms with E-state index in [2.05, 4.69) is 28.6 Å². The lowest BCUT2D eigenvalue weighted by atomic mass is 10.1. The first-order valence-electron chi connectivity index (χ1n) is 5.86. The summed E-state index contributed by atoms with van der Waals surface area (Å²) in [5.41, 5.74) is 7.77. The van der Waals surface area contributed by atoms with E-state index in [9.17, 15) is 0 Å². The number of aromatic nitrogens is 1. The van der Waals surface area contributed by atoms with Gasteiger partial charge in [-0.15, -0.1) is 0 Å². The van der Waals surface area contributed by atoms with Crippen molar-refractivity contribution in [2.24, 2.45) is 5.73 Å². The van der Waals surface area contributed by atoms with Crippen molar-refractivity contribution in [3.8, 4) is 0 Å². The lowest BCUT2D eigenvalue weighted by Crippen LogP contribution is -2.22. The van der Waals surface area contributed by atoms with Gasteiger partial charge in [-0.25, -0.2) is 0 Å². The molecule has 2 heterocycles. The van der Waals surface area contributed by atoms with Crippen LogP contribution in [0.15, 0.2) is 12.1 Å². The summed E-state index contributed by atoms with van der Waals surface area (Å²) in [4.78, 5) is 2.32. The molecule has 3 rings (SSSR count). The van der Waals surface area contributed by atoms with E-state index in [1.54, 1.807) is 0 Å². The Hall–Kier alpha value is -0.960. The summed E-state index contributed by atoms with van der Waals surface area (Å²) >= 11 is 0. The Morgan fingerprint density at radius 2 is 2.13 bits per heavy atom. The molecule has 1 saturated carbocycles. The van der Waals surface area contributed by atoms with Crippen molar-refractivity contribution in [2.45, 2.75) is 37.8 Å². The molecule has 0 amide bonds. The largest absolute Gasteiger partial charge is 0.359 e. The Labute approximate surface area is 90.9 Å². The third kappa shape index (κ3) is 1.55. The van der Waals surface area contributed by atoms with Crippen LogP contribution in [0.4, 0.5) is 5.82 Å². The highest BCUT2D eigenvalue weighted by atomic mass is 15.3. The number of likely N-dealkylation sites (N-methyl/N-ethyl adjacent to an activating group) is 1. The predicted molar refractivity (Wildman–Crippen MR) is 62.2 cm³/mol. The number of rotatable bonds is 3. The zero-order chi connectivity index (χ0) is 10.5. The van der Waals surface area contributed by atoms with E-state index in [0.717, 1.165) is 25.9 Å². The molecule has 3 heteroatoms. The van der Waals surface area contributed by atoms with E-state index < -0.39 is 0 Å².